The summed E-state index contributed by atoms with van der Waals surface area (Å²) >= 11 is 17.8. The first kappa shape index (κ1) is 17.6. The SMILES string of the molecule is Cc1ccc(NC(=O)COC(=O)c2c(Cl)cccc2Cl)cc1Cl. The van der Waals surface area contributed by atoms with Crippen LogP contribution in [0.15, 0.2) is 36.4 Å². The van der Waals surface area contributed by atoms with Gasteiger partial charge in [0.15, 0.2) is 6.61 Å². The lowest BCUT2D eigenvalue weighted by atomic mass is 10.2. The van der Waals surface area contributed by atoms with Gasteiger partial charge in [0.25, 0.3) is 5.91 Å². The minimum absolute atomic E-state index is 0.0296. The molecule has 0 aliphatic carbocycles. The fourth-order valence-electron chi connectivity index (χ4n) is 1.76. The number of hydrogen-bond acceptors (Lipinski definition) is 3. The van der Waals surface area contributed by atoms with Gasteiger partial charge < -0.3 is 10.1 Å². The van der Waals surface area contributed by atoms with Crippen LogP contribution in [0.25, 0.3) is 0 Å². The molecule has 0 unspecified atom stereocenters. The summed E-state index contributed by atoms with van der Waals surface area (Å²) in [6.45, 7) is 1.38. The fourth-order valence-corrected chi connectivity index (χ4v) is 2.50. The summed E-state index contributed by atoms with van der Waals surface area (Å²) < 4.78 is 4.92. The summed E-state index contributed by atoms with van der Waals surface area (Å²) in [5.41, 5.74) is 1.43. The second-order valence-corrected chi connectivity index (χ2v) is 5.91. The van der Waals surface area contributed by atoms with Gasteiger partial charge in [-0.25, -0.2) is 4.79 Å². The molecule has 0 fully saturated rings. The number of carbonyl (C=O) groups excluding carboxylic acids is 2. The van der Waals surface area contributed by atoms with Crippen molar-refractivity contribution in [3.05, 3.63) is 62.6 Å². The maximum absolute atomic E-state index is 11.9. The number of aryl methyl sites for hydroxylation is 1. The van der Waals surface area contributed by atoms with E-state index in [0.717, 1.165) is 5.56 Å². The summed E-state index contributed by atoms with van der Waals surface area (Å²) in [6, 6.07) is 9.72. The van der Waals surface area contributed by atoms with Crippen molar-refractivity contribution >= 4 is 52.4 Å². The molecule has 0 radical (unpaired) electrons. The minimum atomic E-state index is -0.766. The van der Waals surface area contributed by atoms with E-state index < -0.39 is 18.5 Å². The van der Waals surface area contributed by atoms with Crippen LogP contribution in [0.5, 0.6) is 0 Å². The Morgan fingerprint density at radius 1 is 1.04 bits per heavy atom. The normalized spacial score (nSPS) is 10.3. The van der Waals surface area contributed by atoms with E-state index in [0.29, 0.717) is 10.7 Å². The van der Waals surface area contributed by atoms with Crippen LogP contribution in [0, 0.1) is 6.92 Å². The third-order valence-electron chi connectivity index (χ3n) is 2.96. The number of amides is 1. The fraction of sp³-hybridized carbons (Fsp3) is 0.125. The summed E-state index contributed by atoms with van der Waals surface area (Å²) in [7, 11) is 0. The van der Waals surface area contributed by atoms with Crippen molar-refractivity contribution in [2.75, 3.05) is 11.9 Å². The van der Waals surface area contributed by atoms with Gasteiger partial charge in [-0.15, -0.1) is 0 Å². The number of halogens is 3. The van der Waals surface area contributed by atoms with Crippen molar-refractivity contribution in [2.45, 2.75) is 6.92 Å². The molecule has 2 rings (SSSR count). The first-order valence-corrected chi connectivity index (χ1v) is 7.69. The molecule has 2 aromatic rings. The van der Waals surface area contributed by atoms with Gasteiger partial charge in [0.1, 0.15) is 0 Å². The molecule has 4 nitrogen and oxygen atoms in total. The van der Waals surface area contributed by atoms with E-state index in [1.54, 1.807) is 24.3 Å². The number of rotatable bonds is 4. The third kappa shape index (κ3) is 4.61. The molecule has 0 saturated carbocycles. The highest BCUT2D eigenvalue weighted by Crippen LogP contribution is 2.25. The minimum Gasteiger partial charge on any atom is -0.452 e. The Hall–Kier alpha value is -1.75. The Balaban J connectivity index is 1.96. The van der Waals surface area contributed by atoms with Gasteiger partial charge >= 0.3 is 5.97 Å². The number of benzene rings is 2. The highest BCUT2D eigenvalue weighted by atomic mass is 35.5. The van der Waals surface area contributed by atoms with Gasteiger partial charge in [-0.3, -0.25) is 4.79 Å². The van der Waals surface area contributed by atoms with Crippen LogP contribution in [0.1, 0.15) is 15.9 Å². The first-order valence-electron chi connectivity index (χ1n) is 6.55. The number of carbonyl (C=O) groups is 2. The Kier molecular flexibility index (Phi) is 5.88. The average Bonchev–Trinajstić information content (AvgIpc) is 2.49. The van der Waals surface area contributed by atoms with Gasteiger partial charge in [-0.1, -0.05) is 46.9 Å². The van der Waals surface area contributed by atoms with E-state index in [1.165, 1.54) is 12.1 Å². The molecule has 0 saturated heterocycles. The Bertz CT molecular complexity index is 742. The second-order valence-electron chi connectivity index (χ2n) is 4.68. The third-order valence-corrected chi connectivity index (χ3v) is 3.99. The van der Waals surface area contributed by atoms with E-state index in [4.69, 9.17) is 39.5 Å². The predicted octanol–water partition coefficient (Wildman–Crippen LogP) is 4.75. The van der Waals surface area contributed by atoms with Gasteiger partial charge in [0.05, 0.1) is 15.6 Å². The molecule has 1 N–H and O–H groups in total. The second kappa shape index (κ2) is 7.68. The largest absolute Gasteiger partial charge is 0.452 e. The van der Waals surface area contributed by atoms with Crippen molar-refractivity contribution in [1.29, 1.82) is 0 Å². The molecule has 0 aromatic heterocycles. The predicted molar refractivity (Wildman–Crippen MR) is 91.6 cm³/mol. The van der Waals surface area contributed by atoms with Gasteiger partial charge in [-0.05, 0) is 36.8 Å². The molecule has 7 heteroatoms. The molecule has 0 atom stereocenters. The highest BCUT2D eigenvalue weighted by molar-refractivity contribution is 6.39. The van der Waals surface area contributed by atoms with Crippen LogP contribution in [-0.2, 0) is 9.53 Å². The van der Waals surface area contributed by atoms with E-state index in [-0.39, 0.29) is 15.6 Å². The van der Waals surface area contributed by atoms with Gasteiger partial charge in [0, 0.05) is 10.7 Å². The summed E-state index contributed by atoms with van der Waals surface area (Å²) in [5.74, 6) is -1.26. The zero-order chi connectivity index (χ0) is 17.0. The van der Waals surface area contributed by atoms with Gasteiger partial charge in [-0.2, -0.15) is 0 Å². The van der Waals surface area contributed by atoms with Crippen molar-refractivity contribution in [2.24, 2.45) is 0 Å². The molecule has 2 aromatic carbocycles. The van der Waals surface area contributed by atoms with Crippen LogP contribution in [-0.4, -0.2) is 18.5 Å². The summed E-state index contributed by atoms with van der Waals surface area (Å²) in [5, 5.41) is 3.43. The standard InChI is InChI=1S/C16H12Cl3NO3/c1-9-5-6-10(7-13(9)19)20-14(21)8-23-16(22)15-11(17)3-2-4-12(15)18/h2-7H,8H2,1H3,(H,20,21). The van der Waals surface area contributed by atoms with Crippen molar-refractivity contribution in [3.8, 4) is 0 Å². The average molecular weight is 373 g/mol. The number of ether oxygens (including phenoxy) is 1. The molecule has 0 spiro atoms. The maximum atomic E-state index is 11.9. The topological polar surface area (TPSA) is 55.4 Å². The van der Waals surface area contributed by atoms with E-state index in [9.17, 15) is 9.59 Å². The van der Waals surface area contributed by atoms with E-state index in [1.807, 2.05) is 6.92 Å². The molecule has 0 heterocycles. The molecule has 120 valence electrons. The first-order chi connectivity index (χ1) is 10.9. The van der Waals surface area contributed by atoms with Crippen molar-refractivity contribution in [3.63, 3.8) is 0 Å². The zero-order valence-corrected chi connectivity index (χ0v) is 14.3. The van der Waals surface area contributed by atoms with Crippen molar-refractivity contribution < 1.29 is 14.3 Å². The smallest absolute Gasteiger partial charge is 0.341 e. The van der Waals surface area contributed by atoms with Crippen LogP contribution in [0.3, 0.4) is 0 Å². The molecule has 1 amide bonds. The van der Waals surface area contributed by atoms with Gasteiger partial charge in [0.2, 0.25) is 0 Å². The summed E-state index contributed by atoms with van der Waals surface area (Å²) in [4.78, 5) is 23.8. The molecular weight excluding hydrogens is 361 g/mol. The maximum Gasteiger partial charge on any atom is 0.341 e. The molecule has 0 aliphatic heterocycles. The number of esters is 1. The van der Waals surface area contributed by atoms with Crippen LogP contribution < -0.4 is 5.32 Å². The number of nitrogens with one attached hydrogen (secondary N) is 1. The Morgan fingerprint density at radius 3 is 2.30 bits per heavy atom. The van der Waals surface area contributed by atoms with Crippen LogP contribution in [0.4, 0.5) is 5.69 Å². The van der Waals surface area contributed by atoms with E-state index in [2.05, 4.69) is 5.32 Å². The Morgan fingerprint density at radius 2 is 1.70 bits per heavy atom. The number of anilines is 1. The lowest BCUT2D eigenvalue weighted by molar-refractivity contribution is -0.119. The molecule has 0 bridgehead atoms. The highest BCUT2D eigenvalue weighted by Gasteiger charge is 2.17. The van der Waals surface area contributed by atoms with Crippen LogP contribution in [0.2, 0.25) is 15.1 Å². The van der Waals surface area contributed by atoms with E-state index >= 15 is 0 Å². The lowest BCUT2D eigenvalue weighted by Crippen LogP contribution is -2.21. The zero-order valence-electron chi connectivity index (χ0n) is 12.0. The Labute approximate surface area is 148 Å². The monoisotopic (exact) mass is 371 g/mol. The molecule has 0 aliphatic rings. The summed E-state index contributed by atoms with van der Waals surface area (Å²) in [6.07, 6.45) is 0. The van der Waals surface area contributed by atoms with Crippen molar-refractivity contribution in [1.82, 2.24) is 0 Å². The number of hydrogen-bond donors (Lipinski definition) is 1. The van der Waals surface area contributed by atoms with Crippen LogP contribution >= 0.6 is 34.8 Å². The molecule has 23 heavy (non-hydrogen) atoms. The quantitative estimate of drug-likeness (QED) is 0.788. The lowest BCUT2D eigenvalue weighted by Gasteiger charge is -2.09. The molecular formula is C16H12Cl3NO3.